The Balaban J connectivity index is 2.55. The lowest BCUT2D eigenvalue weighted by atomic mass is 9.93. The molecule has 1 rings (SSSR count). The van der Waals surface area contributed by atoms with Crippen molar-refractivity contribution in [1.29, 1.82) is 0 Å². The first-order valence-electron chi connectivity index (χ1n) is 6.25. The van der Waals surface area contributed by atoms with Crippen LogP contribution in [0, 0.1) is 5.92 Å². The fourth-order valence-corrected chi connectivity index (χ4v) is 3.30. The molecule has 0 aromatic heterocycles. The molecule has 1 saturated heterocycles. The van der Waals surface area contributed by atoms with E-state index in [1.54, 1.807) is 20.8 Å². The normalized spacial score (nSPS) is 27.1. The number of hydrogen-bond acceptors (Lipinski definition) is 4. The SMILES string of the molecule is CNC1CCOCC1CCS(=O)(=O)C(C)(C)C. The lowest BCUT2D eigenvalue weighted by molar-refractivity contribution is 0.0329. The van der Waals surface area contributed by atoms with Crippen LogP contribution in [-0.2, 0) is 14.6 Å². The molecule has 1 aliphatic heterocycles. The Morgan fingerprint density at radius 2 is 2.00 bits per heavy atom. The molecule has 0 aromatic carbocycles. The Hall–Kier alpha value is -0.130. The van der Waals surface area contributed by atoms with Crippen molar-refractivity contribution in [3.63, 3.8) is 0 Å². The van der Waals surface area contributed by atoms with Crippen molar-refractivity contribution in [1.82, 2.24) is 5.32 Å². The predicted molar refractivity (Wildman–Crippen MR) is 69.9 cm³/mol. The second-order valence-corrected chi connectivity index (χ2v) is 8.60. The number of rotatable bonds is 4. The third-order valence-corrected chi connectivity index (χ3v) is 6.17. The molecule has 1 N–H and O–H groups in total. The van der Waals surface area contributed by atoms with Gasteiger partial charge in [-0.25, -0.2) is 8.42 Å². The van der Waals surface area contributed by atoms with Gasteiger partial charge in [-0.15, -0.1) is 0 Å². The first-order chi connectivity index (χ1) is 7.78. The molecule has 1 heterocycles. The van der Waals surface area contributed by atoms with Crippen LogP contribution in [0.2, 0.25) is 0 Å². The summed E-state index contributed by atoms with van der Waals surface area (Å²) in [5.41, 5.74) is 0. The predicted octanol–water partition coefficient (Wildman–Crippen LogP) is 1.21. The molecule has 2 atom stereocenters. The second-order valence-electron chi connectivity index (χ2n) is 5.74. The Morgan fingerprint density at radius 1 is 1.35 bits per heavy atom. The minimum atomic E-state index is -3.01. The topological polar surface area (TPSA) is 55.4 Å². The summed E-state index contributed by atoms with van der Waals surface area (Å²) >= 11 is 0. The Bertz CT molecular complexity index is 332. The van der Waals surface area contributed by atoms with E-state index in [9.17, 15) is 8.42 Å². The van der Waals surface area contributed by atoms with Crippen LogP contribution in [0.4, 0.5) is 0 Å². The molecule has 0 radical (unpaired) electrons. The fourth-order valence-electron chi connectivity index (χ4n) is 2.07. The van der Waals surface area contributed by atoms with Crippen LogP contribution in [0.5, 0.6) is 0 Å². The quantitative estimate of drug-likeness (QED) is 0.828. The van der Waals surface area contributed by atoms with Gasteiger partial charge in [0.05, 0.1) is 17.1 Å². The van der Waals surface area contributed by atoms with Gasteiger partial charge in [-0.3, -0.25) is 0 Å². The monoisotopic (exact) mass is 263 g/mol. The van der Waals surface area contributed by atoms with E-state index in [0.29, 0.717) is 25.0 Å². The zero-order chi connectivity index (χ0) is 13.1. The van der Waals surface area contributed by atoms with Crippen LogP contribution in [0.15, 0.2) is 0 Å². The van der Waals surface area contributed by atoms with E-state index >= 15 is 0 Å². The van der Waals surface area contributed by atoms with Gasteiger partial charge in [-0.1, -0.05) is 0 Å². The third kappa shape index (κ3) is 3.93. The molecule has 0 amide bonds. The molecule has 0 spiro atoms. The van der Waals surface area contributed by atoms with Crippen LogP contribution in [-0.4, -0.2) is 45.2 Å². The zero-order valence-corrected chi connectivity index (χ0v) is 12.1. The molecule has 1 aliphatic rings. The van der Waals surface area contributed by atoms with Gasteiger partial charge in [-0.05, 0) is 46.6 Å². The standard InChI is InChI=1S/C12H25NO3S/c1-12(2,3)17(14,15)8-6-10-9-16-7-5-11(10)13-4/h10-11,13H,5-9H2,1-4H3. The average molecular weight is 263 g/mol. The number of hydrogen-bond donors (Lipinski definition) is 1. The van der Waals surface area contributed by atoms with Gasteiger partial charge >= 0.3 is 0 Å². The van der Waals surface area contributed by atoms with E-state index in [1.807, 2.05) is 7.05 Å². The van der Waals surface area contributed by atoms with Gasteiger partial charge in [0.15, 0.2) is 9.84 Å². The molecular formula is C12H25NO3S. The minimum Gasteiger partial charge on any atom is -0.381 e. The maximum absolute atomic E-state index is 12.0. The highest BCUT2D eigenvalue weighted by molar-refractivity contribution is 7.92. The molecule has 4 nitrogen and oxygen atoms in total. The molecule has 17 heavy (non-hydrogen) atoms. The molecule has 102 valence electrons. The molecular weight excluding hydrogens is 238 g/mol. The summed E-state index contributed by atoms with van der Waals surface area (Å²) in [6.07, 6.45) is 1.65. The molecule has 1 fully saturated rings. The molecule has 0 saturated carbocycles. The van der Waals surface area contributed by atoms with Crippen LogP contribution < -0.4 is 5.32 Å². The second kappa shape index (κ2) is 5.67. The van der Waals surface area contributed by atoms with Crippen molar-refractivity contribution < 1.29 is 13.2 Å². The van der Waals surface area contributed by atoms with Crippen molar-refractivity contribution in [2.75, 3.05) is 26.0 Å². The summed E-state index contributed by atoms with van der Waals surface area (Å²) in [5.74, 6) is 0.564. The van der Waals surface area contributed by atoms with Crippen molar-refractivity contribution >= 4 is 9.84 Å². The molecule has 0 aromatic rings. The zero-order valence-electron chi connectivity index (χ0n) is 11.3. The number of nitrogens with one attached hydrogen (secondary N) is 1. The highest BCUT2D eigenvalue weighted by Gasteiger charge is 2.31. The van der Waals surface area contributed by atoms with Crippen molar-refractivity contribution in [3.8, 4) is 0 Å². The fraction of sp³-hybridized carbons (Fsp3) is 1.00. The maximum atomic E-state index is 12.0. The number of sulfone groups is 1. The summed E-state index contributed by atoms with van der Waals surface area (Å²) in [5, 5.41) is 3.25. The van der Waals surface area contributed by atoms with Crippen molar-refractivity contribution in [2.45, 2.75) is 44.4 Å². The summed E-state index contributed by atoms with van der Waals surface area (Å²) < 4.78 is 28.8. The summed E-state index contributed by atoms with van der Waals surface area (Å²) in [4.78, 5) is 0. The van der Waals surface area contributed by atoms with Crippen molar-refractivity contribution in [3.05, 3.63) is 0 Å². The van der Waals surface area contributed by atoms with Gasteiger partial charge < -0.3 is 10.1 Å². The first kappa shape index (κ1) is 14.9. The van der Waals surface area contributed by atoms with E-state index in [0.717, 1.165) is 13.0 Å². The van der Waals surface area contributed by atoms with E-state index < -0.39 is 14.6 Å². The van der Waals surface area contributed by atoms with Crippen LogP contribution >= 0.6 is 0 Å². The molecule has 0 aliphatic carbocycles. The highest BCUT2D eigenvalue weighted by atomic mass is 32.2. The lowest BCUT2D eigenvalue weighted by Gasteiger charge is -2.32. The van der Waals surface area contributed by atoms with Gasteiger partial charge in [0, 0.05) is 12.6 Å². The van der Waals surface area contributed by atoms with Gasteiger partial charge in [-0.2, -0.15) is 0 Å². The smallest absolute Gasteiger partial charge is 0.155 e. The van der Waals surface area contributed by atoms with Gasteiger partial charge in [0.1, 0.15) is 0 Å². The molecule has 0 bridgehead atoms. The van der Waals surface area contributed by atoms with Crippen molar-refractivity contribution in [2.24, 2.45) is 5.92 Å². The minimum absolute atomic E-state index is 0.253. The lowest BCUT2D eigenvalue weighted by Crippen LogP contribution is -2.42. The van der Waals surface area contributed by atoms with Crippen LogP contribution in [0.3, 0.4) is 0 Å². The van der Waals surface area contributed by atoms with E-state index in [-0.39, 0.29) is 5.75 Å². The average Bonchev–Trinajstić information content (AvgIpc) is 2.25. The Morgan fingerprint density at radius 3 is 2.53 bits per heavy atom. The molecule has 2 unspecified atom stereocenters. The van der Waals surface area contributed by atoms with Gasteiger partial charge in [0.25, 0.3) is 0 Å². The van der Waals surface area contributed by atoms with E-state index in [1.165, 1.54) is 0 Å². The molecule has 5 heteroatoms. The van der Waals surface area contributed by atoms with E-state index in [4.69, 9.17) is 4.74 Å². The Kier molecular flexibility index (Phi) is 4.98. The van der Waals surface area contributed by atoms with E-state index in [2.05, 4.69) is 5.32 Å². The maximum Gasteiger partial charge on any atom is 0.155 e. The summed E-state index contributed by atoms with van der Waals surface area (Å²) in [6, 6.07) is 0.388. The van der Waals surface area contributed by atoms with Crippen LogP contribution in [0.1, 0.15) is 33.6 Å². The third-order valence-electron chi connectivity index (χ3n) is 3.54. The first-order valence-corrected chi connectivity index (χ1v) is 7.90. The van der Waals surface area contributed by atoms with Gasteiger partial charge in [0.2, 0.25) is 0 Å². The largest absolute Gasteiger partial charge is 0.381 e. The summed E-state index contributed by atoms with van der Waals surface area (Å²) in [6.45, 7) is 6.72. The van der Waals surface area contributed by atoms with Crippen LogP contribution in [0.25, 0.3) is 0 Å². The number of ether oxygens (including phenoxy) is 1. The Labute approximate surface area is 105 Å². The summed E-state index contributed by atoms with van der Waals surface area (Å²) in [7, 11) is -1.08. The highest BCUT2D eigenvalue weighted by Crippen LogP contribution is 2.23.